The van der Waals surface area contributed by atoms with Crippen LogP contribution in [0.15, 0.2) is 53.3 Å². The van der Waals surface area contributed by atoms with E-state index in [2.05, 4.69) is 15.2 Å². The summed E-state index contributed by atoms with van der Waals surface area (Å²) in [5.41, 5.74) is 0.114. The average molecular weight is 525 g/mol. The number of nitrogens with zero attached hydrogens (tertiary/aromatic N) is 6. The Morgan fingerprint density at radius 3 is 2.37 bits per heavy atom. The second-order valence-electron chi connectivity index (χ2n) is 7.59. The van der Waals surface area contributed by atoms with Gasteiger partial charge in [0, 0.05) is 29.1 Å². The van der Waals surface area contributed by atoms with Gasteiger partial charge in [-0.25, -0.2) is 19.1 Å². The number of hydrogen-bond acceptors (Lipinski definition) is 5. The Labute approximate surface area is 206 Å². The molecule has 0 N–H and O–H groups in total. The third-order valence-corrected chi connectivity index (χ3v) is 5.44. The molecule has 8 nitrogen and oxygen atoms in total. The Balaban J connectivity index is 1.75. The van der Waals surface area contributed by atoms with Crippen LogP contribution in [-0.2, 0) is 13.1 Å². The summed E-state index contributed by atoms with van der Waals surface area (Å²) in [6, 6.07) is 12.8. The van der Waals surface area contributed by atoms with Crippen LogP contribution in [0.5, 0.6) is 0 Å². The standard InChI is InChI=1S/C22H17Cl2F3N6O2/c1-13(34)19-28-18(29-33(19)17-4-2-3-16(24)11-17)12-32-21(35)31(10-9-22(25,26)27)20(30-32)14-5-7-15(23)8-6-14/h2-8,11H,9-10,12H2,1H3. The lowest BCUT2D eigenvalue weighted by atomic mass is 10.2. The van der Waals surface area contributed by atoms with Gasteiger partial charge in [0.05, 0.1) is 12.1 Å². The van der Waals surface area contributed by atoms with Gasteiger partial charge >= 0.3 is 11.9 Å². The number of alkyl halides is 3. The number of ketones is 1. The fraction of sp³-hybridized carbons (Fsp3) is 0.227. The SMILES string of the molecule is CC(=O)c1nc(Cn2nc(-c3ccc(Cl)cc3)n(CCC(F)(F)F)c2=O)nn1-c1cccc(Cl)c1. The van der Waals surface area contributed by atoms with E-state index in [1.54, 1.807) is 48.5 Å². The Morgan fingerprint density at radius 2 is 1.74 bits per heavy atom. The van der Waals surface area contributed by atoms with Crippen molar-refractivity contribution < 1.29 is 18.0 Å². The summed E-state index contributed by atoms with van der Waals surface area (Å²) in [6.07, 6.45) is -5.68. The molecule has 2 aromatic carbocycles. The summed E-state index contributed by atoms with van der Waals surface area (Å²) in [4.78, 5) is 29.4. The lowest BCUT2D eigenvalue weighted by molar-refractivity contribution is -0.136. The minimum Gasteiger partial charge on any atom is -0.291 e. The van der Waals surface area contributed by atoms with Crippen LogP contribution >= 0.6 is 23.2 Å². The molecule has 0 aliphatic carbocycles. The molecule has 2 aromatic heterocycles. The van der Waals surface area contributed by atoms with Crippen molar-refractivity contribution in [2.24, 2.45) is 0 Å². The summed E-state index contributed by atoms with van der Waals surface area (Å²) in [7, 11) is 0. The molecule has 0 aliphatic rings. The van der Waals surface area contributed by atoms with E-state index >= 15 is 0 Å². The van der Waals surface area contributed by atoms with E-state index in [-0.39, 0.29) is 29.8 Å². The van der Waals surface area contributed by atoms with Gasteiger partial charge in [-0.05, 0) is 42.5 Å². The van der Waals surface area contributed by atoms with Crippen molar-refractivity contribution in [2.75, 3.05) is 0 Å². The number of carbonyl (C=O) groups is 1. The molecule has 13 heteroatoms. The largest absolute Gasteiger partial charge is 0.390 e. The summed E-state index contributed by atoms with van der Waals surface area (Å²) in [6.45, 7) is 0.418. The normalized spacial score (nSPS) is 11.7. The van der Waals surface area contributed by atoms with Gasteiger partial charge < -0.3 is 0 Å². The van der Waals surface area contributed by atoms with Gasteiger partial charge in [-0.1, -0.05) is 29.3 Å². The quantitative estimate of drug-likeness (QED) is 0.324. The zero-order chi connectivity index (χ0) is 25.3. The Kier molecular flexibility index (Phi) is 6.82. The van der Waals surface area contributed by atoms with Gasteiger partial charge in [0.15, 0.2) is 23.3 Å². The van der Waals surface area contributed by atoms with Gasteiger partial charge in [0.1, 0.15) is 6.54 Å². The van der Waals surface area contributed by atoms with E-state index in [1.807, 2.05) is 0 Å². The Bertz CT molecular complexity index is 1440. The molecule has 2 heterocycles. The van der Waals surface area contributed by atoms with Gasteiger partial charge in [-0.2, -0.15) is 13.2 Å². The monoisotopic (exact) mass is 524 g/mol. The van der Waals surface area contributed by atoms with Crippen molar-refractivity contribution in [1.29, 1.82) is 0 Å². The second-order valence-corrected chi connectivity index (χ2v) is 8.46. The second kappa shape index (κ2) is 9.67. The van der Waals surface area contributed by atoms with Crippen LogP contribution in [0.25, 0.3) is 17.1 Å². The van der Waals surface area contributed by atoms with Crippen molar-refractivity contribution in [3.05, 3.63) is 80.7 Å². The smallest absolute Gasteiger partial charge is 0.291 e. The first-order valence-corrected chi connectivity index (χ1v) is 11.0. The molecular formula is C22H17Cl2F3N6O2. The fourth-order valence-electron chi connectivity index (χ4n) is 3.37. The predicted octanol–water partition coefficient (Wildman–Crippen LogP) is 4.80. The van der Waals surface area contributed by atoms with E-state index in [0.717, 1.165) is 9.25 Å². The van der Waals surface area contributed by atoms with E-state index in [1.165, 1.54) is 11.6 Å². The molecule has 0 spiro atoms. The minimum atomic E-state index is -4.47. The van der Waals surface area contributed by atoms with Crippen molar-refractivity contribution in [3.63, 3.8) is 0 Å². The number of Topliss-reactive ketones (excluding diaryl/α,β-unsaturated/α-hetero) is 1. The topological polar surface area (TPSA) is 87.6 Å². The maximum absolute atomic E-state index is 13.0. The maximum atomic E-state index is 13.0. The molecule has 0 saturated carbocycles. The molecular weight excluding hydrogens is 508 g/mol. The summed E-state index contributed by atoms with van der Waals surface area (Å²) >= 11 is 12.0. The summed E-state index contributed by atoms with van der Waals surface area (Å²) < 4.78 is 41.9. The lowest BCUT2D eigenvalue weighted by Gasteiger charge is -2.08. The molecule has 0 bridgehead atoms. The molecule has 0 unspecified atom stereocenters. The number of hydrogen-bond donors (Lipinski definition) is 0. The number of halogens is 5. The molecule has 4 rings (SSSR count). The molecule has 0 saturated heterocycles. The zero-order valence-electron chi connectivity index (χ0n) is 18.1. The summed E-state index contributed by atoms with van der Waals surface area (Å²) in [5, 5.41) is 9.38. The maximum Gasteiger partial charge on any atom is 0.390 e. The predicted molar refractivity (Wildman–Crippen MR) is 123 cm³/mol. The summed E-state index contributed by atoms with van der Waals surface area (Å²) in [5.74, 6) is -0.268. The first-order chi connectivity index (χ1) is 16.5. The minimum absolute atomic E-state index is 0.00439. The fourth-order valence-corrected chi connectivity index (χ4v) is 3.68. The van der Waals surface area contributed by atoms with Crippen LogP contribution in [0, 0.1) is 0 Å². The third-order valence-electron chi connectivity index (χ3n) is 4.95. The van der Waals surface area contributed by atoms with Gasteiger partial charge in [-0.3, -0.25) is 9.36 Å². The first kappa shape index (κ1) is 24.7. The lowest BCUT2D eigenvalue weighted by Crippen LogP contribution is -2.27. The highest BCUT2D eigenvalue weighted by Gasteiger charge is 2.29. The van der Waals surface area contributed by atoms with Crippen LogP contribution in [0.1, 0.15) is 29.8 Å². The van der Waals surface area contributed by atoms with E-state index in [4.69, 9.17) is 23.2 Å². The molecule has 0 fully saturated rings. The number of carbonyl (C=O) groups excluding carboxylic acids is 1. The number of benzene rings is 2. The molecule has 0 atom stereocenters. The molecule has 0 aliphatic heterocycles. The van der Waals surface area contributed by atoms with E-state index < -0.39 is 24.8 Å². The van der Waals surface area contributed by atoms with Crippen LogP contribution < -0.4 is 5.69 Å². The molecule has 4 aromatic rings. The van der Waals surface area contributed by atoms with Gasteiger partial charge in [0.25, 0.3) is 0 Å². The van der Waals surface area contributed by atoms with Crippen LogP contribution in [0.3, 0.4) is 0 Å². The van der Waals surface area contributed by atoms with Crippen molar-refractivity contribution in [3.8, 4) is 17.1 Å². The van der Waals surface area contributed by atoms with Crippen LogP contribution in [-0.4, -0.2) is 41.1 Å². The van der Waals surface area contributed by atoms with E-state index in [0.29, 0.717) is 21.3 Å². The number of aromatic nitrogens is 6. The van der Waals surface area contributed by atoms with Crippen molar-refractivity contribution in [1.82, 2.24) is 29.1 Å². The van der Waals surface area contributed by atoms with Crippen LogP contribution in [0.4, 0.5) is 13.2 Å². The Hall–Kier alpha value is -3.44. The molecule has 0 radical (unpaired) electrons. The highest BCUT2D eigenvalue weighted by Crippen LogP contribution is 2.23. The van der Waals surface area contributed by atoms with Gasteiger partial charge in [-0.15, -0.1) is 10.2 Å². The number of rotatable bonds is 7. The molecule has 182 valence electrons. The molecule has 35 heavy (non-hydrogen) atoms. The zero-order valence-corrected chi connectivity index (χ0v) is 19.6. The van der Waals surface area contributed by atoms with Gasteiger partial charge in [0.2, 0.25) is 0 Å². The highest BCUT2D eigenvalue weighted by molar-refractivity contribution is 6.31. The first-order valence-electron chi connectivity index (χ1n) is 10.2. The highest BCUT2D eigenvalue weighted by atomic mass is 35.5. The van der Waals surface area contributed by atoms with E-state index in [9.17, 15) is 22.8 Å². The third kappa shape index (κ3) is 5.63. The van der Waals surface area contributed by atoms with Crippen LogP contribution in [0.2, 0.25) is 10.0 Å². The van der Waals surface area contributed by atoms with Crippen molar-refractivity contribution >= 4 is 29.0 Å². The average Bonchev–Trinajstić information content (AvgIpc) is 3.34. The van der Waals surface area contributed by atoms with Crippen molar-refractivity contribution in [2.45, 2.75) is 32.6 Å². The Morgan fingerprint density at radius 1 is 1.03 bits per heavy atom. The molecule has 0 amide bonds.